The summed E-state index contributed by atoms with van der Waals surface area (Å²) in [5, 5.41) is 2.72. The highest BCUT2D eigenvalue weighted by molar-refractivity contribution is 7.92. The highest BCUT2D eigenvalue weighted by Gasteiger charge is 2.21. The van der Waals surface area contributed by atoms with Crippen molar-refractivity contribution in [3.8, 4) is 0 Å². The Hall–Kier alpha value is -3.65. The smallest absolute Gasteiger partial charge is 0.338 e. The zero-order chi connectivity index (χ0) is 23.3. The minimum atomic E-state index is -3.76. The number of nitrogens with one attached hydrogen (secondary N) is 1. The number of sulfonamides is 1. The van der Waals surface area contributed by atoms with E-state index in [0.717, 1.165) is 0 Å². The average molecular weight is 453 g/mol. The summed E-state index contributed by atoms with van der Waals surface area (Å²) in [7, 11) is -2.28. The van der Waals surface area contributed by atoms with Gasteiger partial charge in [0.25, 0.3) is 15.9 Å². The van der Waals surface area contributed by atoms with E-state index in [2.05, 4.69) is 5.32 Å². The van der Waals surface area contributed by atoms with Crippen LogP contribution < -0.4 is 9.62 Å². The summed E-state index contributed by atoms with van der Waals surface area (Å²) in [6.07, 6.45) is -0.221. The third-order valence-electron chi connectivity index (χ3n) is 4.62. The summed E-state index contributed by atoms with van der Waals surface area (Å²) < 4.78 is 32.0. The summed E-state index contributed by atoms with van der Waals surface area (Å²) in [6, 6.07) is 20.8. The number of rotatable bonds is 7. The van der Waals surface area contributed by atoms with Gasteiger partial charge in [-0.25, -0.2) is 13.2 Å². The molecule has 0 fully saturated rings. The van der Waals surface area contributed by atoms with Gasteiger partial charge in [-0.2, -0.15) is 0 Å². The van der Waals surface area contributed by atoms with Gasteiger partial charge in [0.15, 0.2) is 0 Å². The first-order chi connectivity index (χ1) is 15.2. The highest BCUT2D eigenvalue weighted by atomic mass is 32.2. The lowest BCUT2D eigenvalue weighted by molar-refractivity contribution is 0.0378. The number of amides is 1. The molecule has 0 heterocycles. The summed E-state index contributed by atoms with van der Waals surface area (Å²) in [4.78, 5) is 24.5. The number of para-hydroxylation sites is 1. The number of ether oxygens (including phenoxy) is 1. The van der Waals surface area contributed by atoms with E-state index in [9.17, 15) is 18.0 Å². The van der Waals surface area contributed by atoms with E-state index in [-0.39, 0.29) is 11.0 Å². The second-order valence-corrected chi connectivity index (χ2v) is 9.29. The van der Waals surface area contributed by atoms with Gasteiger partial charge in [0.05, 0.1) is 22.3 Å². The maximum absolute atomic E-state index is 12.8. The molecule has 0 unspecified atom stereocenters. The second kappa shape index (κ2) is 9.65. The van der Waals surface area contributed by atoms with Crippen molar-refractivity contribution < 1.29 is 22.7 Å². The highest BCUT2D eigenvalue weighted by Crippen LogP contribution is 2.22. The van der Waals surface area contributed by atoms with Crippen molar-refractivity contribution >= 4 is 33.3 Å². The van der Waals surface area contributed by atoms with E-state index in [1.807, 2.05) is 6.07 Å². The SMILES string of the molecule is CC(C)OC(=O)c1ccc(NC(=O)c2ccc(S(=O)(=O)N(C)c3ccccc3)cc2)cc1. The minimum Gasteiger partial charge on any atom is -0.459 e. The van der Waals surface area contributed by atoms with E-state index in [4.69, 9.17) is 4.74 Å². The van der Waals surface area contributed by atoms with Crippen LogP contribution in [0.15, 0.2) is 83.8 Å². The van der Waals surface area contributed by atoms with Gasteiger partial charge >= 0.3 is 5.97 Å². The lowest BCUT2D eigenvalue weighted by Crippen LogP contribution is -2.26. The fourth-order valence-corrected chi connectivity index (χ4v) is 4.08. The fourth-order valence-electron chi connectivity index (χ4n) is 2.89. The lowest BCUT2D eigenvalue weighted by atomic mass is 10.2. The lowest BCUT2D eigenvalue weighted by Gasteiger charge is -2.19. The van der Waals surface area contributed by atoms with Crippen LogP contribution in [0.5, 0.6) is 0 Å². The molecule has 1 amide bonds. The maximum Gasteiger partial charge on any atom is 0.338 e. The van der Waals surface area contributed by atoms with Gasteiger partial charge in [-0.1, -0.05) is 18.2 Å². The topological polar surface area (TPSA) is 92.8 Å². The van der Waals surface area contributed by atoms with Crippen LogP contribution in [0.2, 0.25) is 0 Å². The molecule has 1 N–H and O–H groups in total. The maximum atomic E-state index is 12.8. The van der Waals surface area contributed by atoms with Crippen LogP contribution in [0.3, 0.4) is 0 Å². The van der Waals surface area contributed by atoms with Crippen molar-refractivity contribution in [1.82, 2.24) is 0 Å². The molecule has 0 aliphatic carbocycles. The third-order valence-corrected chi connectivity index (χ3v) is 6.42. The fraction of sp³-hybridized carbons (Fsp3) is 0.167. The molecule has 3 aromatic carbocycles. The van der Waals surface area contributed by atoms with Gasteiger partial charge in [-0.05, 0) is 74.5 Å². The predicted octanol–water partition coefficient (Wildman–Crippen LogP) is 4.33. The third kappa shape index (κ3) is 5.33. The molecule has 0 aliphatic rings. The molecule has 3 rings (SSSR count). The molecule has 0 radical (unpaired) electrons. The van der Waals surface area contributed by atoms with Crippen molar-refractivity contribution in [1.29, 1.82) is 0 Å². The zero-order valence-corrected chi connectivity index (χ0v) is 18.8. The Morgan fingerprint density at radius 1 is 0.844 bits per heavy atom. The molecule has 0 aromatic heterocycles. The number of carbonyl (C=O) groups is 2. The van der Waals surface area contributed by atoms with Crippen LogP contribution in [0.1, 0.15) is 34.6 Å². The Morgan fingerprint density at radius 3 is 1.97 bits per heavy atom. The Kier molecular flexibility index (Phi) is 6.95. The van der Waals surface area contributed by atoms with Gasteiger partial charge in [-0.3, -0.25) is 9.10 Å². The van der Waals surface area contributed by atoms with Crippen LogP contribution in [0, 0.1) is 0 Å². The summed E-state index contributed by atoms with van der Waals surface area (Å²) in [6.45, 7) is 3.53. The molecule has 0 spiro atoms. The normalized spacial score (nSPS) is 11.1. The molecule has 166 valence electrons. The summed E-state index contributed by atoms with van der Waals surface area (Å²) in [5.74, 6) is -0.835. The Bertz CT molecular complexity index is 1190. The molecule has 7 nitrogen and oxygen atoms in total. The van der Waals surface area contributed by atoms with Gasteiger partial charge in [0, 0.05) is 18.3 Å². The standard InChI is InChI=1S/C24H24N2O5S/c1-17(2)31-24(28)19-9-13-20(14-10-19)25-23(27)18-11-15-22(16-12-18)32(29,30)26(3)21-7-5-4-6-8-21/h4-17H,1-3H3,(H,25,27). The van der Waals surface area contributed by atoms with Crippen LogP contribution in [-0.4, -0.2) is 33.4 Å². The number of hydrogen-bond acceptors (Lipinski definition) is 5. The Balaban J connectivity index is 1.69. The van der Waals surface area contributed by atoms with Gasteiger partial charge in [0.1, 0.15) is 0 Å². The Labute approximate surface area is 187 Å². The molecule has 0 atom stereocenters. The van der Waals surface area contributed by atoms with E-state index in [1.54, 1.807) is 62.4 Å². The van der Waals surface area contributed by atoms with E-state index >= 15 is 0 Å². The molecule has 0 saturated heterocycles. The first-order valence-electron chi connectivity index (χ1n) is 9.95. The number of nitrogens with zero attached hydrogens (tertiary/aromatic N) is 1. The van der Waals surface area contributed by atoms with Crippen LogP contribution in [-0.2, 0) is 14.8 Å². The monoisotopic (exact) mass is 452 g/mol. The van der Waals surface area contributed by atoms with E-state index < -0.39 is 21.9 Å². The number of esters is 1. The van der Waals surface area contributed by atoms with Crippen LogP contribution >= 0.6 is 0 Å². The zero-order valence-electron chi connectivity index (χ0n) is 18.0. The van der Waals surface area contributed by atoms with Crippen LogP contribution in [0.25, 0.3) is 0 Å². The number of benzene rings is 3. The average Bonchev–Trinajstić information content (AvgIpc) is 2.79. The van der Waals surface area contributed by atoms with Gasteiger partial charge in [-0.15, -0.1) is 0 Å². The predicted molar refractivity (Wildman–Crippen MR) is 123 cm³/mol. The molecule has 8 heteroatoms. The molecule has 32 heavy (non-hydrogen) atoms. The molecular weight excluding hydrogens is 428 g/mol. The van der Waals surface area contributed by atoms with Crippen molar-refractivity contribution in [3.63, 3.8) is 0 Å². The van der Waals surface area contributed by atoms with Crippen LogP contribution in [0.4, 0.5) is 11.4 Å². The quantitative estimate of drug-likeness (QED) is 0.539. The van der Waals surface area contributed by atoms with Crippen molar-refractivity contribution in [3.05, 3.63) is 90.0 Å². The van der Waals surface area contributed by atoms with Crippen molar-refractivity contribution in [2.24, 2.45) is 0 Å². The van der Waals surface area contributed by atoms with Gasteiger partial charge < -0.3 is 10.1 Å². The molecule has 0 aliphatic heterocycles. The molecule has 0 saturated carbocycles. The number of anilines is 2. The molecular formula is C24H24N2O5S. The number of hydrogen-bond donors (Lipinski definition) is 1. The Morgan fingerprint density at radius 2 is 1.41 bits per heavy atom. The van der Waals surface area contributed by atoms with E-state index in [0.29, 0.717) is 22.5 Å². The first-order valence-corrected chi connectivity index (χ1v) is 11.4. The molecule has 3 aromatic rings. The largest absolute Gasteiger partial charge is 0.459 e. The van der Waals surface area contributed by atoms with Gasteiger partial charge in [0.2, 0.25) is 0 Å². The minimum absolute atomic E-state index is 0.0772. The van der Waals surface area contributed by atoms with Crippen molar-refractivity contribution in [2.75, 3.05) is 16.7 Å². The second-order valence-electron chi connectivity index (χ2n) is 7.32. The first kappa shape index (κ1) is 23.0. The summed E-state index contributed by atoms with van der Waals surface area (Å²) in [5.41, 5.74) is 1.72. The van der Waals surface area contributed by atoms with Crippen molar-refractivity contribution in [2.45, 2.75) is 24.8 Å². The van der Waals surface area contributed by atoms with E-state index in [1.165, 1.54) is 35.6 Å². The summed E-state index contributed by atoms with van der Waals surface area (Å²) >= 11 is 0. The number of carbonyl (C=O) groups excluding carboxylic acids is 2. The molecule has 0 bridgehead atoms.